The van der Waals surface area contributed by atoms with Crippen LogP contribution >= 0.6 is 0 Å². The number of carboxylic acid groups (broad SMARTS) is 1. The van der Waals surface area contributed by atoms with Gasteiger partial charge in [-0.05, 0) is 6.07 Å². The number of nitrogens with zero attached hydrogens (tertiary/aromatic N) is 2. The first-order valence-corrected chi connectivity index (χ1v) is 3.48. The minimum absolute atomic E-state index is 0.0212. The van der Waals surface area contributed by atoms with E-state index in [1.54, 1.807) is 0 Å². The number of carboxylic acids is 1. The molecule has 0 aliphatic rings. The molecule has 2 N–H and O–H groups in total. The Bertz CT molecular complexity index is 525. The quantitative estimate of drug-likeness (QED) is 0.630. The summed E-state index contributed by atoms with van der Waals surface area (Å²) in [6.45, 7) is 0. The van der Waals surface area contributed by atoms with Gasteiger partial charge in [0.05, 0.1) is 0 Å². The highest BCUT2D eigenvalue weighted by Gasteiger charge is 2.08. The van der Waals surface area contributed by atoms with Crippen LogP contribution in [0, 0.1) is 0 Å². The molecule has 0 aliphatic heterocycles. The van der Waals surface area contributed by atoms with Crippen molar-refractivity contribution in [2.24, 2.45) is 0 Å². The molecule has 2 rings (SSSR count). The Morgan fingerprint density at radius 1 is 1.62 bits per heavy atom. The number of rotatable bonds is 1. The van der Waals surface area contributed by atoms with E-state index in [4.69, 9.17) is 5.11 Å². The summed E-state index contributed by atoms with van der Waals surface area (Å²) < 4.78 is 1.13. The van der Waals surface area contributed by atoms with Crippen LogP contribution in [0.3, 0.4) is 0 Å². The summed E-state index contributed by atoms with van der Waals surface area (Å²) in [6, 6.07) is 2.54. The Kier molecular flexibility index (Phi) is 1.42. The summed E-state index contributed by atoms with van der Waals surface area (Å²) in [4.78, 5) is 25.3. The van der Waals surface area contributed by atoms with E-state index in [1.165, 1.54) is 18.3 Å². The van der Waals surface area contributed by atoms with Gasteiger partial charge in [-0.15, -0.1) is 0 Å². The zero-order valence-corrected chi connectivity index (χ0v) is 6.39. The third-order valence-electron chi connectivity index (χ3n) is 1.61. The summed E-state index contributed by atoms with van der Waals surface area (Å²) >= 11 is 0. The molecule has 2 heterocycles. The monoisotopic (exact) mass is 179 g/mol. The Morgan fingerprint density at radius 2 is 2.38 bits per heavy atom. The molecule has 0 spiro atoms. The Hall–Kier alpha value is -2.11. The number of aromatic carboxylic acids is 1. The van der Waals surface area contributed by atoms with Crippen LogP contribution in [-0.4, -0.2) is 25.7 Å². The largest absolute Gasteiger partial charge is 0.477 e. The molecule has 6 nitrogen and oxygen atoms in total. The first-order chi connectivity index (χ1) is 6.18. The number of aromatic amines is 1. The molecule has 0 amide bonds. The van der Waals surface area contributed by atoms with Crippen molar-refractivity contribution in [3.05, 3.63) is 34.4 Å². The van der Waals surface area contributed by atoms with Crippen molar-refractivity contribution in [1.82, 2.24) is 14.6 Å². The number of nitrogens with one attached hydrogen (secondary N) is 1. The fraction of sp³-hybridized carbons (Fsp3) is 0. The number of hydrogen-bond donors (Lipinski definition) is 2. The molecule has 0 radical (unpaired) electrons. The highest BCUT2D eigenvalue weighted by molar-refractivity contribution is 5.86. The average molecular weight is 179 g/mol. The third kappa shape index (κ3) is 1.08. The lowest BCUT2D eigenvalue weighted by molar-refractivity contribution is 0.0687. The maximum absolute atomic E-state index is 10.9. The molecule has 2 aromatic heterocycles. The minimum atomic E-state index is -1.11. The molecular weight excluding hydrogens is 174 g/mol. The summed E-state index contributed by atoms with van der Waals surface area (Å²) in [5.74, 6) is -1.11. The van der Waals surface area contributed by atoms with Crippen molar-refractivity contribution in [3.63, 3.8) is 0 Å². The maximum atomic E-state index is 10.9. The fourth-order valence-corrected chi connectivity index (χ4v) is 1.09. The lowest BCUT2D eigenvalue weighted by Gasteiger charge is -1.97. The zero-order chi connectivity index (χ0) is 9.42. The smallest absolute Gasteiger partial charge is 0.354 e. The molecule has 0 fully saturated rings. The summed E-state index contributed by atoms with van der Waals surface area (Å²) in [5, 5.41) is 11.0. The Labute approximate surface area is 71.4 Å². The topological polar surface area (TPSA) is 87.5 Å². The van der Waals surface area contributed by atoms with Crippen LogP contribution in [0.15, 0.2) is 23.1 Å². The molecular formula is C7H5N3O3. The summed E-state index contributed by atoms with van der Waals surface area (Å²) in [6.07, 6.45) is 1.34. The van der Waals surface area contributed by atoms with Gasteiger partial charge >= 0.3 is 5.97 Å². The predicted octanol–water partition coefficient (Wildman–Crippen LogP) is -0.279. The van der Waals surface area contributed by atoms with Crippen LogP contribution in [0.25, 0.3) is 5.65 Å². The van der Waals surface area contributed by atoms with Crippen molar-refractivity contribution in [2.75, 3.05) is 0 Å². The van der Waals surface area contributed by atoms with E-state index in [2.05, 4.69) is 10.1 Å². The maximum Gasteiger partial charge on any atom is 0.354 e. The predicted molar refractivity (Wildman–Crippen MR) is 42.8 cm³/mol. The van der Waals surface area contributed by atoms with Crippen LogP contribution in [0.4, 0.5) is 0 Å². The van der Waals surface area contributed by atoms with Gasteiger partial charge in [-0.1, -0.05) is 0 Å². The second kappa shape index (κ2) is 2.44. The van der Waals surface area contributed by atoms with Gasteiger partial charge in [0.25, 0.3) is 5.56 Å². The van der Waals surface area contributed by atoms with Crippen LogP contribution < -0.4 is 5.56 Å². The van der Waals surface area contributed by atoms with E-state index < -0.39 is 5.97 Å². The van der Waals surface area contributed by atoms with Crippen LogP contribution in [0.2, 0.25) is 0 Å². The molecule has 66 valence electrons. The van der Waals surface area contributed by atoms with Gasteiger partial charge in [-0.2, -0.15) is 0 Å². The molecule has 13 heavy (non-hydrogen) atoms. The van der Waals surface area contributed by atoms with Crippen LogP contribution in [0.1, 0.15) is 10.5 Å². The fourth-order valence-electron chi connectivity index (χ4n) is 1.09. The van der Waals surface area contributed by atoms with Crippen LogP contribution in [0.5, 0.6) is 0 Å². The van der Waals surface area contributed by atoms with Gasteiger partial charge < -0.3 is 5.11 Å². The molecule has 0 unspecified atom stereocenters. The van der Waals surface area contributed by atoms with Crippen LogP contribution in [-0.2, 0) is 0 Å². The second-order valence-corrected chi connectivity index (χ2v) is 2.45. The normalized spacial score (nSPS) is 10.5. The lowest BCUT2D eigenvalue weighted by Crippen LogP contribution is -2.08. The van der Waals surface area contributed by atoms with Gasteiger partial charge in [0, 0.05) is 12.3 Å². The minimum Gasteiger partial charge on any atom is -0.477 e. The van der Waals surface area contributed by atoms with Gasteiger partial charge in [0.15, 0.2) is 11.3 Å². The molecule has 0 saturated heterocycles. The number of H-pyrrole nitrogens is 1. The molecule has 6 heteroatoms. The SMILES string of the molecule is O=C(O)c1ccnc2cc(=O)[nH]n12. The molecule has 0 atom stereocenters. The molecule has 0 aromatic carbocycles. The zero-order valence-electron chi connectivity index (χ0n) is 6.39. The first kappa shape index (κ1) is 7.53. The first-order valence-electron chi connectivity index (χ1n) is 3.48. The summed E-state index contributed by atoms with van der Waals surface area (Å²) in [5.41, 5.74) is -0.0989. The highest BCUT2D eigenvalue weighted by Crippen LogP contribution is 1.99. The number of carbonyl (C=O) groups is 1. The number of hydrogen-bond acceptors (Lipinski definition) is 3. The third-order valence-corrected chi connectivity index (χ3v) is 1.61. The molecule has 2 aromatic rings. The van der Waals surface area contributed by atoms with Crippen molar-refractivity contribution >= 4 is 11.6 Å². The van der Waals surface area contributed by atoms with Crippen molar-refractivity contribution in [1.29, 1.82) is 0 Å². The van der Waals surface area contributed by atoms with E-state index in [-0.39, 0.29) is 11.3 Å². The second-order valence-electron chi connectivity index (χ2n) is 2.45. The van der Waals surface area contributed by atoms with Crippen molar-refractivity contribution in [2.45, 2.75) is 0 Å². The molecule has 0 aliphatic carbocycles. The molecule has 0 saturated carbocycles. The van der Waals surface area contributed by atoms with E-state index in [9.17, 15) is 9.59 Å². The number of fused-ring (bicyclic) bond motifs is 1. The van der Waals surface area contributed by atoms with E-state index >= 15 is 0 Å². The Morgan fingerprint density at radius 3 is 3.08 bits per heavy atom. The Balaban J connectivity index is 2.90. The van der Waals surface area contributed by atoms with Gasteiger partial charge in [0.2, 0.25) is 0 Å². The lowest BCUT2D eigenvalue weighted by atomic mass is 10.4. The summed E-state index contributed by atoms with van der Waals surface area (Å²) in [7, 11) is 0. The van der Waals surface area contributed by atoms with Crippen molar-refractivity contribution in [3.8, 4) is 0 Å². The highest BCUT2D eigenvalue weighted by atomic mass is 16.4. The van der Waals surface area contributed by atoms with E-state index in [1.807, 2.05) is 0 Å². The molecule has 0 bridgehead atoms. The number of aromatic nitrogens is 3. The van der Waals surface area contributed by atoms with E-state index in [0.29, 0.717) is 5.65 Å². The van der Waals surface area contributed by atoms with Gasteiger partial charge in [-0.25, -0.2) is 14.3 Å². The van der Waals surface area contributed by atoms with Gasteiger partial charge in [-0.3, -0.25) is 9.89 Å². The standard InChI is InChI=1S/C7H5N3O3/c11-6-3-5-8-2-1-4(7(12)13)10(5)9-6/h1-3H,(H,9,11)(H,12,13). The van der Waals surface area contributed by atoms with E-state index in [0.717, 1.165) is 4.52 Å². The average Bonchev–Trinajstić information content (AvgIpc) is 2.43. The van der Waals surface area contributed by atoms with Gasteiger partial charge in [0.1, 0.15) is 0 Å². The van der Waals surface area contributed by atoms with Crippen molar-refractivity contribution < 1.29 is 9.90 Å².